The average molecular weight is 425 g/mol. The van der Waals surface area contributed by atoms with Crippen LogP contribution in [0.2, 0.25) is 0 Å². The van der Waals surface area contributed by atoms with E-state index in [-0.39, 0.29) is 0 Å². The zero-order valence-corrected chi connectivity index (χ0v) is 17.6. The van der Waals surface area contributed by atoms with Crippen LogP contribution in [0.15, 0.2) is 66.7 Å². The van der Waals surface area contributed by atoms with Crippen molar-refractivity contribution in [2.45, 2.75) is 18.9 Å². The highest BCUT2D eigenvalue weighted by atomic mass is 15.4. The molecule has 0 amide bonds. The maximum absolute atomic E-state index is 6.12. The second-order valence-corrected chi connectivity index (χ2v) is 8.16. The first-order valence-electron chi connectivity index (χ1n) is 10.9. The first kappa shape index (κ1) is 18.8. The first-order chi connectivity index (χ1) is 15.8. The van der Waals surface area contributed by atoms with Gasteiger partial charge >= 0.3 is 0 Å². The number of nitrogens with one attached hydrogen (secondary N) is 2. The van der Waals surface area contributed by atoms with Gasteiger partial charge in [0.15, 0.2) is 11.5 Å². The normalized spacial score (nSPS) is 14.9. The fourth-order valence-corrected chi connectivity index (χ4v) is 4.36. The number of hydrogen-bond acceptors (Lipinski definition) is 6. The molecular formula is C24H24N8. The molecule has 0 atom stereocenters. The third kappa shape index (κ3) is 3.25. The van der Waals surface area contributed by atoms with E-state index in [1.165, 1.54) is 0 Å². The maximum Gasteiger partial charge on any atom is 0.271 e. The summed E-state index contributed by atoms with van der Waals surface area (Å²) in [4.78, 5) is 4.78. The molecule has 1 aliphatic rings. The molecule has 160 valence electrons. The number of aromatic nitrogens is 5. The standard InChI is InChI=1S/C24H24N8/c25-17-9-10-19-21(15-17)32(29-23(19)27-18-11-13-26-14-12-18)24-28-22-8-4-7-20(31(22)30-24)16-5-2-1-3-6-16/h1-10,15,18,26H,11-14,25H2,(H,27,29). The van der Waals surface area contributed by atoms with Crippen LogP contribution in [0.5, 0.6) is 0 Å². The summed E-state index contributed by atoms with van der Waals surface area (Å²) in [6.45, 7) is 2.03. The number of anilines is 2. The molecule has 0 radical (unpaired) electrons. The Labute approximate surface area is 185 Å². The topological polar surface area (TPSA) is 98.1 Å². The van der Waals surface area contributed by atoms with E-state index in [1.807, 2.05) is 59.1 Å². The Bertz CT molecular complexity index is 1400. The van der Waals surface area contributed by atoms with Crippen LogP contribution in [0.3, 0.4) is 0 Å². The highest BCUT2D eigenvalue weighted by molar-refractivity contribution is 5.93. The fraction of sp³-hybridized carbons (Fsp3) is 0.208. The summed E-state index contributed by atoms with van der Waals surface area (Å²) >= 11 is 0. The molecule has 0 saturated carbocycles. The molecule has 0 bridgehead atoms. The minimum absolute atomic E-state index is 0.388. The number of hydrogen-bond donors (Lipinski definition) is 3. The summed E-state index contributed by atoms with van der Waals surface area (Å²) in [5, 5.41) is 17.8. The summed E-state index contributed by atoms with van der Waals surface area (Å²) in [6.07, 6.45) is 2.13. The summed E-state index contributed by atoms with van der Waals surface area (Å²) in [6, 6.07) is 22.4. The van der Waals surface area contributed by atoms with Gasteiger partial charge in [-0.1, -0.05) is 36.4 Å². The Balaban J connectivity index is 1.48. The van der Waals surface area contributed by atoms with Crippen molar-refractivity contribution in [3.63, 3.8) is 0 Å². The molecule has 1 fully saturated rings. The predicted octanol–water partition coefficient (Wildman–Crippen LogP) is 3.48. The van der Waals surface area contributed by atoms with Gasteiger partial charge in [-0.05, 0) is 56.3 Å². The molecule has 0 aliphatic carbocycles. The van der Waals surface area contributed by atoms with Crippen molar-refractivity contribution in [3.05, 3.63) is 66.7 Å². The van der Waals surface area contributed by atoms with Crippen molar-refractivity contribution in [2.24, 2.45) is 0 Å². The molecule has 4 N–H and O–H groups in total. The van der Waals surface area contributed by atoms with Crippen molar-refractivity contribution in [3.8, 4) is 17.2 Å². The minimum atomic E-state index is 0.388. The molecule has 6 rings (SSSR count). The monoisotopic (exact) mass is 424 g/mol. The Morgan fingerprint density at radius 1 is 0.938 bits per heavy atom. The summed E-state index contributed by atoms with van der Waals surface area (Å²) < 4.78 is 3.65. The smallest absolute Gasteiger partial charge is 0.271 e. The Morgan fingerprint density at radius 3 is 2.62 bits per heavy atom. The summed E-state index contributed by atoms with van der Waals surface area (Å²) in [5.41, 5.74) is 10.5. The van der Waals surface area contributed by atoms with Crippen LogP contribution >= 0.6 is 0 Å². The molecule has 3 aromatic heterocycles. The highest BCUT2D eigenvalue weighted by Gasteiger charge is 2.20. The summed E-state index contributed by atoms with van der Waals surface area (Å²) in [7, 11) is 0. The SMILES string of the molecule is Nc1ccc2c(NC3CCNCC3)nn(-c3nc4cccc(-c5ccccc5)n4n3)c2c1. The molecule has 8 heteroatoms. The van der Waals surface area contributed by atoms with E-state index in [2.05, 4.69) is 22.8 Å². The number of fused-ring (bicyclic) bond motifs is 2. The van der Waals surface area contributed by atoms with Gasteiger partial charge in [-0.25, -0.2) is 4.52 Å². The molecule has 0 unspecified atom stereocenters. The zero-order chi connectivity index (χ0) is 21.5. The van der Waals surface area contributed by atoms with Crippen molar-refractivity contribution in [2.75, 3.05) is 24.1 Å². The Morgan fingerprint density at radius 2 is 1.78 bits per heavy atom. The van der Waals surface area contributed by atoms with Crippen molar-refractivity contribution in [1.29, 1.82) is 0 Å². The van der Waals surface area contributed by atoms with E-state index in [0.717, 1.165) is 59.6 Å². The molecule has 5 aromatic rings. The number of nitrogen functional groups attached to an aromatic ring is 1. The Hall–Kier alpha value is -3.91. The van der Waals surface area contributed by atoms with Crippen molar-refractivity contribution < 1.29 is 0 Å². The van der Waals surface area contributed by atoms with Crippen LogP contribution in [-0.2, 0) is 0 Å². The predicted molar refractivity (Wildman–Crippen MR) is 127 cm³/mol. The van der Waals surface area contributed by atoms with Crippen molar-refractivity contribution >= 4 is 28.1 Å². The van der Waals surface area contributed by atoms with E-state index in [4.69, 9.17) is 20.9 Å². The quantitative estimate of drug-likeness (QED) is 0.382. The number of rotatable bonds is 4. The van der Waals surface area contributed by atoms with Crippen LogP contribution in [0.1, 0.15) is 12.8 Å². The van der Waals surface area contributed by atoms with E-state index in [0.29, 0.717) is 17.7 Å². The molecule has 0 spiro atoms. The maximum atomic E-state index is 6.12. The number of nitrogens with zero attached hydrogens (tertiary/aromatic N) is 5. The van der Waals surface area contributed by atoms with E-state index >= 15 is 0 Å². The number of nitrogens with two attached hydrogens (primary N) is 1. The highest BCUT2D eigenvalue weighted by Crippen LogP contribution is 2.29. The number of benzene rings is 2. The lowest BCUT2D eigenvalue weighted by Gasteiger charge is -2.23. The van der Waals surface area contributed by atoms with Crippen molar-refractivity contribution in [1.82, 2.24) is 29.7 Å². The van der Waals surface area contributed by atoms with Crippen LogP contribution in [0.25, 0.3) is 33.8 Å². The largest absolute Gasteiger partial charge is 0.399 e. The van der Waals surface area contributed by atoms with Gasteiger partial charge in [0, 0.05) is 22.7 Å². The number of piperidine rings is 1. The molecule has 32 heavy (non-hydrogen) atoms. The number of pyridine rings is 1. The van der Waals surface area contributed by atoms with Gasteiger partial charge in [0.25, 0.3) is 5.95 Å². The van der Waals surface area contributed by atoms with Gasteiger partial charge < -0.3 is 16.4 Å². The molecule has 4 heterocycles. The van der Waals surface area contributed by atoms with E-state index in [9.17, 15) is 0 Å². The fourth-order valence-electron chi connectivity index (χ4n) is 4.36. The molecule has 2 aromatic carbocycles. The van der Waals surface area contributed by atoms with Crippen LogP contribution in [0, 0.1) is 0 Å². The molecule has 1 aliphatic heterocycles. The molecular weight excluding hydrogens is 400 g/mol. The van der Waals surface area contributed by atoms with Crippen LogP contribution < -0.4 is 16.4 Å². The van der Waals surface area contributed by atoms with Gasteiger partial charge in [0.1, 0.15) is 0 Å². The first-order valence-corrected chi connectivity index (χ1v) is 10.9. The van der Waals surface area contributed by atoms with E-state index < -0.39 is 0 Å². The van der Waals surface area contributed by atoms with Crippen LogP contribution in [0.4, 0.5) is 11.5 Å². The lowest BCUT2D eigenvalue weighted by Crippen LogP contribution is -2.35. The van der Waals surface area contributed by atoms with Gasteiger partial charge in [0.05, 0.1) is 11.2 Å². The minimum Gasteiger partial charge on any atom is -0.399 e. The molecule has 8 nitrogen and oxygen atoms in total. The van der Waals surface area contributed by atoms with Gasteiger partial charge in [-0.3, -0.25) is 0 Å². The van der Waals surface area contributed by atoms with Crippen LogP contribution in [-0.4, -0.2) is 43.5 Å². The zero-order valence-electron chi connectivity index (χ0n) is 17.6. The third-order valence-corrected chi connectivity index (χ3v) is 5.99. The molecule has 1 saturated heterocycles. The van der Waals surface area contributed by atoms with Gasteiger partial charge in [0.2, 0.25) is 0 Å². The second-order valence-electron chi connectivity index (χ2n) is 8.16. The Kier molecular flexibility index (Phi) is 4.50. The summed E-state index contributed by atoms with van der Waals surface area (Å²) in [5.74, 6) is 1.36. The second kappa shape index (κ2) is 7.65. The third-order valence-electron chi connectivity index (χ3n) is 5.99. The van der Waals surface area contributed by atoms with Gasteiger partial charge in [-0.2, -0.15) is 9.67 Å². The van der Waals surface area contributed by atoms with E-state index in [1.54, 1.807) is 4.68 Å². The average Bonchev–Trinajstić information content (AvgIpc) is 3.41. The van der Waals surface area contributed by atoms with Gasteiger partial charge in [-0.15, -0.1) is 10.2 Å². The lowest BCUT2D eigenvalue weighted by atomic mass is 10.1. The lowest BCUT2D eigenvalue weighted by molar-refractivity contribution is 0.478.